The van der Waals surface area contributed by atoms with Crippen molar-refractivity contribution in [2.45, 2.75) is 0 Å². The molecule has 1 N–H and O–H groups in total. The Morgan fingerprint density at radius 3 is 2.67 bits per heavy atom. The number of anilines is 1. The Hall–Kier alpha value is -1.88. The van der Waals surface area contributed by atoms with Gasteiger partial charge >= 0.3 is 0 Å². The van der Waals surface area contributed by atoms with Crippen molar-refractivity contribution >= 4 is 51.2 Å². The van der Waals surface area contributed by atoms with E-state index < -0.39 is 10.8 Å². The second kappa shape index (κ2) is 5.48. The first-order chi connectivity index (χ1) is 10.0. The van der Waals surface area contributed by atoms with E-state index in [1.165, 1.54) is 23.5 Å². The van der Waals surface area contributed by atoms with Gasteiger partial charge < -0.3 is 14.8 Å². The SMILES string of the molecule is O=C(Nc1cc2c(cc1[N+](=O)[O-])OCO2)c1csc(I)c1. The van der Waals surface area contributed by atoms with E-state index in [9.17, 15) is 14.9 Å². The van der Waals surface area contributed by atoms with E-state index in [-0.39, 0.29) is 18.2 Å². The molecule has 3 rings (SSSR count). The van der Waals surface area contributed by atoms with Crippen LogP contribution in [0.4, 0.5) is 11.4 Å². The van der Waals surface area contributed by atoms with Gasteiger partial charge in [0.2, 0.25) is 6.79 Å². The van der Waals surface area contributed by atoms with Crippen molar-refractivity contribution in [1.82, 2.24) is 0 Å². The number of nitro benzene ring substituents is 1. The topological polar surface area (TPSA) is 90.7 Å². The zero-order valence-corrected chi connectivity index (χ0v) is 13.3. The highest BCUT2D eigenvalue weighted by atomic mass is 127. The first kappa shape index (κ1) is 14.1. The third-order valence-electron chi connectivity index (χ3n) is 2.77. The van der Waals surface area contributed by atoms with Crippen LogP contribution in [0.15, 0.2) is 23.6 Å². The molecule has 0 spiro atoms. The van der Waals surface area contributed by atoms with Gasteiger partial charge in [0.15, 0.2) is 11.5 Å². The number of halogens is 1. The van der Waals surface area contributed by atoms with Crippen LogP contribution in [0.5, 0.6) is 11.5 Å². The predicted octanol–water partition coefficient (Wildman–Crippen LogP) is 3.24. The molecule has 1 aliphatic rings. The van der Waals surface area contributed by atoms with E-state index in [1.54, 1.807) is 11.4 Å². The first-order valence-electron chi connectivity index (χ1n) is 5.68. The molecule has 0 bridgehead atoms. The third-order valence-corrected chi connectivity index (χ3v) is 4.55. The monoisotopic (exact) mass is 418 g/mol. The summed E-state index contributed by atoms with van der Waals surface area (Å²) < 4.78 is 11.2. The van der Waals surface area contributed by atoms with Crippen molar-refractivity contribution in [2.75, 3.05) is 12.1 Å². The van der Waals surface area contributed by atoms with Gasteiger partial charge in [-0.15, -0.1) is 11.3 Å². The summed E-state index contributed by atoms with van der Waals surface area (Å²) in [5.74, 6) is 0.261. The Kier molecular flexibility index (Phi) is 3.68. The number of rotatable bonds is 3. The predicted molar refractivity (Wildman–Crippen MR) is 84.2 cm³/mol. The molecule has 0 fully saturated rings. The molecule has 0 atom stereocenters. The Bertz CT molecular complexity index is 745. The highest BCUT2D eigenvalue weighted by molar-refractivity contribution is 14.1. The highest BCUT2D eigenvalue weighted by Gasteiger charge is 2.24. The van der Waals surface area contributed by atoms with Gasteiger partial charge in [-0.25, -0.2) is 0 Å². The number of hydrogen-bond acceptors (Lipinski definition) is 6. The molecular weight excluding hydrogens is 411 g/mol. The number of ether oxygens (including phenoxy) is 2. The molecule has 9 heteroatoms. The summed E-state index contributed by atoms with van der Waals surface area (Å²) in [6, 6.07) is 4.35. The van der Waals surface area contributed by atoms with Gasteiger partial charge in [0.05, 0.1) is 19.4 Å². The molecule has 0 aliphatic carbocycles. The number of carbonyl (C=O) groups excluding carboxylic acids is 1. The van der Waals surface area contributed by atoms with E-state index >= 15 is 0 Å². The standard InChI is InChI=1S/C12H7IN2O5S/c13-11-1-6(4-21-11)12(16)14-7-2-9-10(20-5-19-9)3-8(7)15(17)18/h1-4H,5H2,(H,14,16). The van der Waals surface area contributed by atoms with Crippen LogP contribution in [-0.4, -0.2) is 17.6 Å². The summed E-state index contributed by atoms with van der Waals surface area (Å²) in [5.41, 5.74) is 0.296. The van der Waals surface area contributed by atoms with Crippen LogP contribution in [0.3, 0.4) is 0 Å². The lowest BCUT2D eigenvalue weighted by molar-refractivity contribution is -0.384. The van der Waals surface area contributed by atoms with E-state index in [1.807, 2.05) is 0 Å². The Balaban J connectivity index is 1.94. The van der Waals surface area contributed by atoms with Crippen LogP contribution in [0.25, 0.3) is 0 Å². The molecular formula is C12H7IN2O5S. The number of amides is 1. The smallest absolute Gasteiger partial charge is 0.296 e. The molecule has 1 amide bonds. The lowest BCUT2D eigenvalue weighted by atomic mass is 10.2. The largest absolute Gasteiger partial charge is 0.454 e. The van der Waals surface area contributed by atoms with Crippen LogP contribution < -0.4 is 14.8 Å². The second-order valence-corrected chi connectivity index (χ2v) is 6.88. The van der Waals surface area contributed by atoms with Crippen LogP contribution in [0, 0.1) is 13.0 Å². The molecule has 0 radical (unpaired) electrons. The van der Waals surface area contributed by atoms with E-state index in [0.717, 1.165) is 2.88 Å². The number of carbonyl (C=O) groups is 1. The number of fused-ring (bicyclic) bond motifs is 1. The maximum Gasteiger partial charge on any atom is 0.296 e. The molecule has 21 heavy (non-hydrogen) atoms. The Morgan fingerprint density at radius 1 is 1.33 bits per heavy atom. The van der Waals surface area contributed by atoms with Gasteiger partial charge in [0, 0.05) is 11.4 Å². The van der Waals surface area contributed by atoms with Crippen LogP contribution >= 0.6 is 33.9 Å². The fourth-order valence-corrected chi connectivity index (χ4v) is 3.13. The van der Waals surface area contributed by atoms with Crippen molar-refractivity contribution in [3.63, 3.8) is 0 Å². The van der Waals surface area contributed by atoms with Gasteiger partial charge in [-0.2, -0.15) is 0 Å². The quantitative estimate of drug-likeness (QED) is 0.470. The van der Waals surface area contributed by atoms with Gasteiger partial charge in [-0.05, 0) is 28.7 Å². The van der Waals surface area contributed by atoms with Gasteiger partial charge in [0.1, 0.15) is 5.69 Å². The molecule has 2 heterocycles. The first-order valence-corrected chi connectivity index (χ1v) is 7.64. The number of nitro groups is 1. The van der Waals surface area contributed by atoms with Crippen molar-refractivity contribution in [3.8, 4) is 11.5 Å². The molecule has 7 nitrogen and oxygen atoms in total. The molecule has 0 saturated heterocycles. The summed E-state index contributed by atoms with van der Waals surface area (Å²) in [5, 5.41) is 15.3. The molecule has 1 aromatic carbocycles. The minimum atomic E-state index is -0.574. The lowest BCUT2D eigenvalue weighted by Crippen LogP contribution is -2.12. The normalized spacial score (nSPS) is 12.2. The molecule has 108 valence electrons. The number of nitrogens with one attached hydrogen (secondary N) is 1. The zero-order valence-electron chi connectivity index (χ0n) is 10.3. The fourth-order valence-electron chi connectivity index (χ4n) is 1.81. The Labute approximate surface area is 136 Å². The van der Waals surface area contributed by atoms with Crippen LogP contribution in [-0.2, 0) is 0 Å². The molecule has 1 aromatic heterocycles. The summed E-state index contributed by atoms with van der Waals surface area (Å²) in [6.07, 6.45) is 0. The Morgan fingerprint density at radius 2 is 2.05 bits per heavy atom. The molecule has 1 aliphatic heterocycles. The molecule has 2 aromatic rings. The number of benzene rings is 1. The zero-order chi connectivity index (χ0) is 15.0. The maximum atomic E-state index is 12.1. The lowest BCUT2D eigenvalue weighted by Gasteiger charge is -2.06. The fraction of sp³-hybridized carbons (Fsp3) is 0.0833. The maximum absolute atomic E-state index is 12.1. The summed E-state index contributed by atoms with van der Waals surface area (Å²) in [7, 11) is 0. The van der Waals surface area contributed by atoms with Crippen molar-refractivity contribution in [3.05, 3.63) is 42.1 Å². The van der Waals surface area contributed by atoms with E-state index in [4.69, 9.17) is 9.47 Å². The third kappa shape index (κ3) is 2.78. The summed E-state index contributed by atoms with van der Waals surface area (Å²) in [6.45, 7) is 0.00656. The molecule has 0 saturated carbocycles. The van der Waals surface area contributed by atoms with Crippen LogP contribution in [0.1, 0.15) is 10.4 Å². The van der Waals surface area contributed by atoms with Crippen molar-refractivity contribution < 1.29 is 19.2 Å². The van der Waals surface area contributed by atoms with Crippen molar-refractivity contribution in [2.24, 2.45) is 0 Å². The minimum absolute atomic E-state index is 0.00656. The molecule has 0 unspecified atom stereocenters. The van der Waals surface area contributed by atoms with Gasteiger partial charge in [-0.3, -0.25) is 14.9 Å². The summed E-state index contributed by atoms with van der Waals surface area (Å²) >= 11 is 3.52. The van der Waals surface area contributed by atoms with Gasteiger partial charge in [0.25, 0.3) is 11.6 Å². The summed E-state index contributed by atoms with van der Waals surface area (Å²) in [4.78, 5) is 22.6. The minimum Gasteiger partial charge on any atom is -0.454 e. The van der Waals surface area contributed by atoms with E-state index in [0.29, 0.717) is 17.1 Å². The van der Waals surface area contributed by atoms with Gasteiger partial charge in [-0.1, -0.05) is 0 Å². The van der Waals surface area contributed by atoms with Crippen LogP contribution in [0.2, 0.25) is 0 Å². The number of nitrogens with zero attached hydrogens (tertiary/aromatic N) is 1. The number of thiophene rings is 1. The number of hydrogen-bond donors (Lipinski definition) is 1. The second-order valence-electron chi connectivity index (χ2n) is 4.07. The average molecular weight is 418 g/mol. The average Bonchev–Trinajstić information content (AvgIpc) is 3.05. The van der Waals surface area contributed by atoms with E-state index in [2.05, 4.69) is 27.9 Å². The van der Waals surface area contributed by atoms with Crippen molar-refractivity contribution in [1.29, 1.82) is 0 Å². The highest BCUT2D eigenvalue weighted by Crippen LogP contribution is 2.40.